The largest absolute Gasteiger partial charge is 0.374 e. The molecular weight excluding hydrogens is 238 g/mol. The molecule has 1 rings (SSSR count). The third kappa shape index (κ3) is 2.88. The Bertz CT molecular complexity index is 344. The van der Waals surface area contributed by atoms with Crippen molar-refractivity contribution in [2.75, 3.05) is 7.05 Å². The highest BCUT2D eigenvalue weighted by Crippen LogP contribution is 2.17. The zero-order valence-corrected chi connectivity index (χ0v) is 10.6. The molecule has 1 aromatic rings. The van der Waals surface area contributed by atoms with E-state index in [2.05, 4.69) is 59.6 Å². The van der Waals surface area contributed by atoms with Gasteiger partial charge in [0.25, 0.3) is 0 Å². The average Bonchev–Trinajstić information content (AvgIpc) is 2.09. The van der Waals surface area contributed by atoms with E-state index in [1.165, 1.54) is 11.1 Å². The summed E-state index contributed by atoms with van der Waals surface area (Å²) >= 11 is 3.46. The number of allylic oxidation sites excluding steroid dienone is 1. The number of hydrogen-bond donors (Lipinski definition) is 0. The Morgan fingerprint density at radius 1 is 1.50 bits per heavy atom. The molecule has 0 atom stereocenters. The molecule has 1 aromatic carbocycles. The van der Waals surface area contributed by atoms with Crippen LogP contribution in [0.4, 0.5) is 0 Å². The van der Waals surface area contributed by atoms with Gasteiger partial charge in [-0.05, 0) is 37.1 Å². The van der Waals surface area contributed by atoms with E-state index in [1.54, 1.807) is 0 Å². The van der Waals surface area contributed by atoms with E-state index in [1.807, 2.05) is 6.92 Å². The lowest BCUT2D eigenvalue weighted by Crippen LogP contribution is -2.15. The van der Waals surface area contributed by atoms with Gasteiger partial charge in [-0.2, -0.15) is 0 Å². The van der Waals surface area contributed by atoms with Gasteiger partial charge in [0.1, 0.15) is 0 Å². The zero-order valence-electron chi connectivity index (χ0n) is 8.97. The van der Waals surface area contributed by atoms with Crippen molar-refractivity contribution < 1.29 is 0 Å². The maximum Gasteiger partial charge on any atom is 0.0425 e. The van der Waals surface area contributed by atoms with Gasteiger partial charge in [0, 0.05) is 23.8 Å². The van der Waals surface area contributed by atoms with Crippen LogP contribution in [0.2, 0.25) is 0 Å². The van der Waals surface area contributed by atoms with Gasteiger partial charge in [-0.15, -0.1) is 0 Å². The summed E-state index contributed by atoms with van der Waals surface area (Å²) in [6.45, 7) is 8.99. The molecule has 0 aromatic heterocycles. The molecule has 14 heavy (non-hydrogen) atoms. The van der Waals surface area contributed by atoms with E-state index in [-0.39, 0.29) is 0 Å². The van der Waals surface area contributed by atoms with Crippen LogP contribution in [-0.2, 0) is 6.54 Å². The molecule has 0 aliphatic rings. The minimum atomic E-state index is 0.925. The molecule has 0 amide bonds. The Labute approximate surface area is 94.6 Å². The second-order valence-electron chi connectivity index (χ2n) is 3.66. The zero-order chi connectivity index (χ0) is 10.7. The highest BCUT2D eigenvalue weighted by molar-refractivity contribution is 9.10. The van der Waals surface area contributed by atoms with Crippen LogP contribution in [0.3, 0.4) is 0 Å². The Morgan fingerprint density at radius 3 is 2.64 bits per heavy atom. The van der Waals surface area contributed by atoms with Crippen molar-refractivity contribution in [3.8, 4) is 0 Å². The maximum atomic E-state index is 3.92. The second-order valence-corrected chi connectivity index (χ2v) is 4.58. The van der Waals surface area contributed by atoms with Gasteiger partial charge >= 0.3 is 0 Å². The third-order valence-corrected chi connectivity index (χ3v) is 2.86. The Kier molecular flexibility index (Phi) is 3.76. The number of benzene rings is 1. The topological polar surface area (TPSA) is 3.24 Å². The minimum Gasteiger partial charge on any atom is -0.374 e. The molecule has 0 spiro atoms. The van der Waals surface area contributed by atoms with Crippen molar-refractivity contribution in [1.82, 2.24) is 4.90 Å². The normalized spacial score (nSPS) is 10.0. The summed E-state index contributed by atoms with van der Waals surface area (Å²) in [5.41, 5.74) is 3.75. The van der Waals surface area contributed by atoms with Crippen LogP contribution in [0, 0.1) is 6.92 Å². The lowest BCUT2D eigenvalue weighted by Gasteiger charge is -2.20. The smallest absolute Gasteiger partial charge is 0.0425 e. The highest BCUT2D eigenvalue weighted by atomic mass is 79.9. The quantitative estimate of drug-likeness (QED) is 0.794. The molecular formula is C12H16BrN. The highest BCUT2D eigenvalue weighted by Gasteiger charge is 2.02. The van der Waals surface area contributed by atoms with Gasteiger partial charge in [-0.3, -0.25) is 0 Å². The Hall–Kier alpha value is -0.760. The molecule has 0 N–H and O–H groups in total. The van der Waals surface area contributed by atoms with Gasteiger partial charge in [-0.25, -0.2) is 0 Å². The van der Waals surface area contributed by atoms with Gasteiger partial charge in [0.15, 0.2) is 0 Å². The first-order chi connectivity index (χ1) is 6.50. The number of rotatable bonds is 3. The SMILES string of the molecule is C=C(C)N(C)Cc1ccc(Br)cc1C. The fourth-order valence-corrected chi connectivity index (χ4v) is 1.70. The van der Waals surface area contributed by atoms with Crippen LogP contribution in [0.25, 0.3) is 0 Å². The Balaban J connectivity index is 2.82. The van der Waals surface area contributed by atoms with Crippen molar-refractivity contribution in [3.63, 3.8) is 0 Å². The number of hydrogen-bond acceptors (Lipinski definition) is 1. The predicted molar refractivity (Wildman–Crippen MR) is 65.2 cm³/mol. The number of halogens is 1. The summed E-state index contributed by atoms with van der Waals surface area (Å²) in [4.78, 5) is 2.15. The summed E-state index contributed by atoms with van der Waals surface area (Å²) in [7, 11) is 2.06. The first-order valence-electron chi connectivity index (χ1n) is 4.62. The summed E-state index contributed by atoms with van der Waals surface area (Å²) < 4.78 is 1.14. The molecule has 0 saturated carbocycles. The van der Waals surface area contributed by atoms with Gasteiger partial charge < -0.3 is 4.90 Å². The molecule has 0 bridgehead atoms. The second kappa shape index (κ2) is 4.65. The first kappa shape index (κ1) is 11.3. The molecule has 0 saturated heterocycles. The van der Waals surface area contributed by atoms with Gasteiger partial charge in [0.05, 0.1) is 0 Å². The van der Waals surface area contributed by atoms with Crippen molar-refractivity contribution in [2.45, 2.75) is 20.4 Å². The summed E-state index contributed by atoms with van der Waals surface area (Å²) in [5.74, 6) is 0. The molecule has 76 valence electrons. The summed E-state index contributed by atoms with van der Waals surface area (Å²) in [6.07, 6.45) is 0. The lowest BCUT2D eigenvalue weighted by molar-refractivity contribution is 0.413. The van der Waals surface area contributed by atoms with Crippen LogP contribution < -0.4 is 0 Å². The van der Waals surface area contributed by atoms with Crippen LogP contribution in [0.1, 0.15) is 18.1 Å². The predicted octanol–water partition coefficient (Wildman–Crippen LogP) is 3.72. The molecule has 1 nitrogen and oxygen atoms in total. The standard InChI is InChI=1S/C12H16BrN/c1-9(2)14(4)8-11-5-6-12(13)7-10(11)3/h5-7H,1,8H2,2-4H3. The van der Waals surface area contributed by atoms with Crippen LogP contribution in [0.5, 0.6) is 0 Å². The van der Waals surface area contributed by atoms with Crippen molar-refractivity contribution in [3.05, 3.63) is 46.1 Å². The number of aryl methyl sites for hydroxylation is 1. The molecule has 2 heteroatoms. The minimum absolute atomic E-state index is 0.925. The fourth-order valence-electron chi connectivity index (χ4n) is 1.23. The maximum absolute atomic E-state index is 3.92. The third-order valence-electron chi connectivity index (χ3n) is 2.36. The van der Waals surface area contributed by atoms with Crippen molar-refractivity contribution in [2.24, 2.45) is 0 Å². The molecule has 0 fully saturated rings. The first-order valence-corrected chi connectivity index (χ1v) is 5.41. The molecule has 0 unspecified atom stereocenters. The average molecular weight is 254 g/mol. The molecule has 0 heterocycles. The van der Waals surface area contributed by atoms with E-state index in [0.29, 0.717) is 0 Å². The van der Waals surface area contributed by atoms with Gasteiger partial charge in [-0.1, -0.05) is 28.6 Å². The monoisotopic (exact) mass is 253 g/mol. The van der Waals surface area contributed by atoms with Crippen molar-refractivity contribution in [1.29, 1.82) is 0 Å². The van der Waals surface area contributed by atoms with Crippen LogP contribution >= 0.6 is 15.9 Å². The van der Waals surface area contributed by atoms with E-state index < -0.39 is 0 Å². The van der Waals surface area contributed by atoms with E-state index in [0.717, 1.165) is 16.7 Å². The fraction of sp³-hybridized carbons (Fsp3) is 0.333. The summed E-state index contributed by atoms with van der Waals surface area (Å²) in [6, 6.07) is 6.37. The molecule has 0 radical (unpaired) electrons. The van der Waals surface area contributed by atoms with Crippen molar-refractivity contribution >= 4 is 15.9 Å². The lowest BCUT2D eigenvalue weighted by atomic mass is 10.1. The van der Waals surface area contributed by atoms with E-state index in [4.69, 9.17) is 0 Å². The van der Waals surface area contributed by atoms with Crippen LogP contribution in [0.15, 0.2) is 34.9 Å². The molecule has 0 aliphatic carbocycles. The number of nitrogens with zero attached hydrogens (tertiary/aromatic N) is 1. The molecule has 0 aliphatic heterocycles. The van der Waals surface area contributed by atoms with Crippen LogP contribution in [-0.4, -0.2) is 11.9 Å². The van der Waals surface area contributed by atoms with Gasteiger partial charge in [0.2, 0.25) is 0 Å². The van der Waals surface area contributed by atoms with E-state index >= 15 is 0 Å². The van der Waals surface area contributed by atoms with E-state index in [9.17, 15) is 0 Å². The summed E-state index contributed by atoms with van der Waals surface area (Å²) in [5, 5.41) is 0. The Morgan fingerprint density at radius 2 is 2.14 bits per heavy atom.